The first-order chi connectivity index (χ1) is 14.8. The highest BCUT2D eigenvalue weighted by Crippen LogP contribution is 2.38. The van der Waals surface area contributed by atoms with E-state index in [0.717, 1.165) is 0 Å². The Morgan fingerprint density at radius 1 is 1.13 bits per heavy atom. The van der Waals surface area contributed by atoms with Crippen molar-refractivity contribution in [2.45, 2.75) is 6.04 Å². The summed E-state index contributed by atoms with van der Waals surface area (Å²) in [4.78, 5) is 38.3. The lowest BCUT2D eigenvalue weighted by Gasteiger charge is -2.30. The van der Waals surface area contributed by atoms with Gasteiger partial charge >= 0.3 is 0 Å². The second-order valence-electron chi connectivity index (χ2n) is 6.94. The fourth-order valence-electron chi connectivity index (χ4n) is 3.64. The summed E-state index contributed by atoms with van der Waals surface area (Å²) in [6.07, 6.45) is 0. The summed E-state index contributed by atoms with van der Waals surface area (Å²) < 4.78 is 14.3. The smallest absolute Gasteiger partial charge is 0.282 e. The number of carbonyl (C=O) groups is 2. The lowest BCUT2D eigenvalue weighted by atomic mass is 9.95. The van der Waals surface area contributed by atoms with E-state index in [1.165, 1.54) is 53.4 Å². The van der Waals surface area contributed by atoms with Gasteiger partial charge in [0.25, 0.3) is 11.6 Å². The van der Waals surface area contributed by atoms with Crippen molar-refractivity contribution < 1.29 is 18.9 Å². The van der Waals surface area contributed by atoms with E-state index in [0.29, 0.717) is 21.3 Å². The summed E-state index contributed by atoms with van der Waals surface area (Å²) >= 11 is 3.41. The predicted octanol–water partition coefficient (Wildman–Crippen LogP) is 4.68. The van der Waals surface area contributed by atoms with Crippen LogP contribution < -0.4 is 5.32 Å². The van der Waals surface area contributed by atoms with Gasteiger partial charge in [0, 0.05) is 21.8 Å². The molecule has 31 heavy (non-hydrogen) atoms. The van der Waals surface area contributed by atoms with Crippen molar-refractivity contribution in [1.82, 2.24) is 4.90 Å². The molecule has 0 spiro atoms. The first-order valence-corrected chi connectivity index (χ1v) is 10.0. The second-order valence-corrected chi connectivity index (χ2v) is 7.86. The van der Waals surface area contributed by atoms with Gasteiger partial charge in [-0.3, -0.25) is 19.7 Å². The van der Waals surface area contributed by atoms with Crippen LogP contribution in [0.25, 0.3) is 0 Å². The van der Waals surface area contributed by atoms with Crippen LogP contribution in [0.1, 0.15) is 27.5 Å². The van der Waals surface area contributed by atoms with Crippen LogP contribution in [0.15, 0.2) is 71.2 Å². The molecule has 1 unspecified atom stereocenters. The Morgan fingerprint density at radius 3 is 2.55 bits per heavy atom. The highest BCUT2D eigenvalue weighted by molar-refractivity contribution is 9.10. The number of nitro groups is 1. The van der Waals surface area contributed by atoms with Crippen molar-refractivity contribution in [1.29, 1.82) is 0 Å². The van der Waals surface area contributed by atoms with Crippen LogP contribution in [0.4, 0.5) is 15.8 Å². The van der Waals surface area contributed by atoms with E-state index in [-0.39, 0.29) is 17.8 Å². The minimum atomic E-state index is -0.778. The SMILES string of the molecule is O=C1CN(C(=O)c2ccccc2[N+](=O)[O-])C(c2ccc(F)cc2)c2cc(Br)ccc2N1. The Morgan fingerprint density at radius 2 is 1.84 bits per heavy atom. The summed E-state index contributed by atoms with van der Waals surface area (Å²) in [5.74, 6) is -1.57. The third-order valence-electron chi connectivity index (χ3n) is 4.99. The molecule has 1 aliphatic heterocycles. The monoisotopic (exact) mass is 483 g/mol. The zero-order valence-electron chi connectivity index (χ0n) is 15.9. The van der Waals surface area contributed by atoms with Gasteiger partial charge in [0.1, 0.15) is 17.9 Å². The number of carbonyl (C=O) groups excluding carboxylic acids is 2. The second kappa shape index (κ2) is 8.27. The zero-order valence-corrected chi connectivity index (χ0v) is 17.5. The van der Waals surface area contributed by atoms with Gasteiger partial charge in [0.05, 0.1) is 11.0 Å². The Hall–Kier alpha value is -3.59. The molecule has 0 saturated heterocycles. The van der Waals surface area contributed by atoms with Crippen LogP contribution in [0.3, 0.4) is 0 Å². The van der Waals surface area contributed by atoms with E-state index in [1.54, 1.807) is 18.2 Å². The van der Waals surface area contributed by atoms with Crippen molar-refractivity contribution in [2.24, 2.45) is 0 Å². The van der Waals surface area contributed by atoms with Gasteiger partial charge in [-0.2, -0.15) is 0 Å². The zero-order chi connectivity index (χ0) is 22.1. The summed E-state index contributed by atoms with van der Waals surface area (Å²) in [7, 11) is 0. The van der Waals surface area contributed by atoms with Crippen LogP contribution in [-0.4, -0.2) is 28.2 Å². The van der Waals surface area contributed by atoms with Gasteiger partial charge in [-0.1, -0.05) is 40.2 Å². The van der Waals surface area contributed by atoms with Crippen molar-refractivity contribution in [3.63, 3.8) is 0 Å². The van der Waals surface area contributed by atoms with Crippen LogP contribution >= 0.6 is 15.9 Å². The molecule has 156 valence electrons. The molecule has 3 aromatic carbocycles. The minimum absolute atomic E-state index is 0.133. The molecule has 1 atom stereocenters. The molecule has 1 N–H and O–H groups in total. The number of anilines is 1. The lowest BCUT2D eigenvalue weighted by molar-refractivity contribution is -0.385. The van der Waals surface area contributed by atoms with Crippen molar-refractivity contribution >= 4 is 39.1 Å². The molecule has 0 aromatic heterocycles. The molecule has 1 heterocycles. The topological polar surface area (TPSA) is 92.5 Å². The van der Waals surface area contributed by atoms with Crippen LogP contribution in [0.2, 0.25) is 0 Å². The fourth-order valence-corrected chi connectivity index (χ4v) is 4.02. The Kier molecular flexibility index (Phi) is 5.51. The number of fused-ring (bicyclic) bond motifs is 1. The molecule has 4 rings (SSSR count). The molecule has 7 nitrogen and oxygen atoms in total. The van der Waals surface area contributed by atoms with Gasteiger partial charge in [0.15, 0.2) is 0 Å². The molecule has 9 heteroatoms. The van der Waals surface area contributed by atoms with E-state index < -0.39 is 28.6 Å². The molecule has 1 aliphatic rings. The van der Waals surface area contributed by atoms with Crippen LogP contribution in [0, 0.1) is 15.9 Å². The van der Waals surface area contributed by atoms with Gasteiger partial charge in [0.2, 0.25) is 5.91 Å². The molecular formula is C22H15BrFN3O4. The van der Waals surface area contributed by atoms with Crippen molar-refractivity contribution in [3.8, 4) is 0 Å². The quantitative estimate of drug-likeness (QED) is 0.432. The largest absolute Gasteiger partial charge is 0.324 e. The number of rotatable bonds is 3. The average Bonchev–Trinajstić information content (AvgIpc) is 2.89. The number of nitrogens with zero attached hydrogens (tertiary/aromatic N) is 2. The predicted molar refractivity (Wildman–Crippen MR) is 115 cm³/mol. The Bertz CT molecular complexity index is 1200. The maximum absolute atomic E-state index is 13.6. The van der Waals surface area contributed by atoms with Gasteiger partial charge in [-0.25, -0.2) is 4.39 Å². The standard InChI is InChI=1S/C22H15BrFN3O4/c23-14-7-10-18-17(11-14)21(13-5-8-15(24)9-6-13)26(12-20(28)25-18)22(29)16-3-1-2-4-19(16)27(30)31/h1-11,21H,12H2,(H,25,28). The molecule has 0 radical (unpaired) electrons. The number of halogens is 2. The summed E-state index contributed by atoms with van der Waals surface area (Å²) in [5, 5.41) is 14.3. The highest BCUT2D eigenvalue weighted by atomic mass is 79.9. The molecule has 2 amide bonds. The first-order valence-electron chi connectivity index (χ1n) is 9.24. The van der Waals surface area contributed by atoms with Crippen molar-refractivity contribution in [2.75, 3.05) is 11.9 Å². The average molecular weight is 484 g/mol. The van der Waals surface area contributed by atoms with Gasteiger partial charge < -0.3 is 10.2 Å². The molecular weight excluding hydrogens is 469 g/mol. The number of nitrogens with one attached hydrogen (secondary N) is 1. The third-order valence-corrected chi connectivity index (χ3v) is 5.48. The summed E-state index contributed by atoms with van der Waals surface area (Å²) in [6, 6.07) is 15.6. The first kappa shape index (κ1) is 20.7. The third kappa shape index (κ3) is 4.04. The van der Waals surface area contributed by atoms with E-state index in [9.17, 15) is 24.1 Å². The van der Waals surface area contributed by atoms with Crippen LogP contribution in [0.5, 0.6) is 0 Å². The maximum Gasteiger partial charge on any atom is 0.282 e. The Labute approximate surface area is 184 Å². The molecule has 0 aliphatic carbocycles. The molecule has 0 saturated carbocycles. The maximum atomic E-state index is 13.6. The number of para-hydroxylation sites is 1. The van der Waals surface area contributed by atoms with Crippen molar-refractivity contribution in [3.05, 3.63) is 104 Å². The fraction of sp³-hybridized carbons (Fsp3) is 0.0909. The number of hydrogen-bond acceptors (Lipinski definition) is 4. The highest BCUT2D eigenvalue weighted by Gasteiger charge is 2.36. The lowest BCUT2D eigenvalue weighted by Crippen LogP contribution is -2.39. The van der Waals surface area contributed by atoms with E-state index in [4.69, 9.17) is 0 Å². The summed E-state index contributed by atoms with van der Waals surface area (Å²) in [6.45, 7) is -0.334. The molecule has 0 bridgehead atoms. The van der Waals surface area contributed by atoms with E-state index in [2.05, 4.69) is 21.2 Å². The number of amides is 2. The van der Waals surface area contributed by atoms with E-state index in [1.807, 2.05) is 0 Å². The molecule has 3 aromatic rings. The number of nitro benzene ring substituents is 1. The minimum Gasteiger partial charge on any atom is -0.324 e. The Balaban J connectivity index is 1.92. The van der Waals surface area contributed by atoms with E-state index >= 15 is 0 Å². The normalized spacial score (nSPS) is 15.6. The summed E-state index contributed by atoms with van der Waals surface area (Å²) in [5.41, 5.74) is 1.17. The van der Waals surface area contributed by atoms with Gasteiger partial charge in [-0.05, 0) is 42.0 Å². The molecule has 0 fully saturated rings. The number of hydrogen-bond donors (Lipinski definition) is 1. The number of benzene rings is 3. The van der Waals surface area contributed by atoms with Crippen LogP contribution in [-0.2, 0) is 4.79 Å². The van der Waals surface area contributed by atoms with Gasteiger partial charge in [-0.15, -0.1) is 0 Å².